The molecule has 1 saturated heterocycles. The summed E-state index contributed by atoms with van der Waals surface area (Å²) in [5, 5.41) is 6.05. The van der Waals surface area contributed by atoms with Crippen LogP contribution in [0.4, 0.5) is 16.2 Å². The summed E-state index contributed by atoms with van der Waals surface area (Å²) in [6.45, 7) is 5.75. The van der Waals surface area contributed by atoms with E-state index in [4.69, 9.17) is 4.74 Å². The summed E-state index contributed by atoms with van der Waals surface area (Å²) in [7, 11) is 0. The van der Waals surface area contributed by atoms with Crippen LogP contribution in [0.3, 0.4) is 0 Å². The maximum absolute atomic E-state index is 11.9. The van der Waals surface area contributed by atoms with Crippen molar-refractivity contribution in [1.29, 1.82) is 0 Å². The molecule has 0 aliphatic carbocycles. The predicted octanol–water partition coefficient (Wildman–Crippen LogP) is 1.97. The van der Waals surface area contributed by atoms with Gasteiger partial charge in [-0.25, -0.2) is 4.79 Å². The van der Waals surface area contributed by atoms with Crippen LogP contribution in [-0.4, -0.2) is 37.7 Å². The molecule has 0 bridgehead atoms. The minimum Gasteiger partial charge on any atom is -0.447 e. The summed E-state index contributed by atoms with van der Waals surface area (Å²) in [6.07, 6.45) is 0.0586. The maximum atomic E-state index is 11.9. The smallest absolute Gasteiger partial charge is 0.414 e. The van der Waals surface area contributed by atoms with Gasteiger partial charge in [0.05, 0.1) is 6.54 Å². The fourth-order valence-electron chi connectivity index (χ4n) is 2.29. The van der Waals surface area contributed by atoms with E-state index in [0.29, 0.717) is 25.3 Å². The zero-order valence-electron chi connectivity index (χ0n) is 12.4. The lowest BCUT2D eigenvalue weighted by atomic mass is 10.2. The second-order valence-electron chi connectivity index (χ2n) is 5.03. The van der Waals surface area contributed by atoms with Crippen molar-refractivity contribution in [2.45, 2.75) is 26.3 Å². The van der Waals surface area contributed by atoms with Gasteiger partial charge in [0, 0.05) is 23.8 Å². The van der Waals surface area contributed by atoms with Gasteiger partial charge in [0.15, 0.2) is 0 Å². The van der Waals surface area contributed by atoms with Gasteiger partial charge < -0.3 is 15.4 Å². The Kier molecular flexibility index (Phi) is 5.16. The molecule has 114 valence electrons. The van der Waals surface area contributed by atoms with E-state index in [1.165, 1.54) is 0 Å². The molecule has 2 N–H and O–H groups in total. The van der Waals surface area contributed by atoms with Gasteiger partial charge in [0.1, 0.15) is 6.61 Å². The van der Waals surface area contributed by atoms with E-state index in [0.717, 1.165) is 12.2 Å². The average Bonchev–Trinajstić information content (AvgIpc) is 2.85. The number of hydrogen-bond acceptors (Lipinski definition) is 4. The largest absolute Gasteiger partial charge is 0.447 e. The molecule has 0 radical (unpaired) electrons. The normalized spacial score (nSPS) is 15.7. The fraction of sp³-hybridized carbons (Fsp3) is 0.467. The van der Waals surface area contributed by atoms with Gasteiger partial charge in [-0.2, -0.15) is 0 Å². The third kappa shape index (κ3) is 4.19. The molecule has 1 fully saturated rings. The molecule has 21 heavy (non-hydrogen) atoms. The molecule has 2 amide bonds. The lowest BCUT2D eigenvalue weighted by Gasteiger charge is -2.15. The molecule has 2 rings (SSSR count). The monoisotopic (exact) mass is 291 g/mol. The van der Waals surface area contributed by atoms with Crippen LogP contribution in [-0.2, 0) is 9.53 Å². The first-order valence-electron chi connectivity index (χ1n) is 7.17. The van der Waals surface area contributed by atoms with Crippen molar-refractivity contribution >= 4 is 23.4 Å². The van der Waals surface area contributed by atoms with Crippen LogP contribution in [0.15, 0.2) is 24.3 Å². The topological polar surface area (TPSA) is 70.7 Å². The van der Waals surface area contributed by atoms with E-state index in [-0.39, 0.29) is 18.0 Å². The van der Waals surface area contributed by atoms with Gasteiger partial charge in [0.25, 0.3) is 0 Å². The SMILES string of the molecule is CCNC(C)CC(=O)Nc1cccc(N2CCOC2=O)c1. The Morgan fingerprint density at radius 2 is 2.29 bits per heavy atom. The maximum Gasteiger partial charge on any atom is 0.414 e. The molecule has 1 atom stereocenters. The van der Waals surface area contributed by atoms with Gasteiger partial charge in [-0.05, 0) is 31.7 Å². The molecular formula is C15H21N3O3. The molecule has 6 nitrogen and oxygen atoms in total. The molecule has 6 heteroatoms. The van der Waals surface area contributed by atoms with E-state index in [9.17, 15) is 9.59 Å². The Labute approximate surface area is 124 Å². The second-order valence-corrected chi connectivity index (χ2v) is 5.03. The number of cyclic esters (lactones) is 1. The highest BCUT2D eigenvalue weighted by molar-refractivity contribution is 5.93. The van der Waals surface area contributed by atoms with Crippen molar-refractivity contribution in [2.75, 3.05) is 29.9 Å². The summed E-state index contributed by atoms with van der Waals surface area (Å²) in [4.78, 5) is 25.0. The quantitative estimate of drug-likeness (QED) is 0.840. The van der Waals surface area contributed by atoms with Gasteiger partial charge in [-0.3, -0.25) is 9.69 Å². The number of anilines is 2. The fourth-order valence-corrected chi connectivity index (χ4v) is 2.29. The Balaban J connectivity index is 1.97. The van der Waals surface area contributed by atoms with Crippen LogP contribution in [0.2, 0.25) is 0 Å². The van der Waals surface area contributed by atoms with Crippen LogP contribution < -0.4 is 15.5 Å². The number of ether oxygens (including phenoxy) is 1. The van der Waals surface area contributed by atoms with E-state index in [1.54, 1.807) is 17.0 Å². The molecule has 1 aromatic rings. The van der Waals surface area contributed by atoms with Crippen molar-refractivity contribution < 1.29 is 14.3 Å². The zero-order valence-corrected chi connectivity index (χ0v) is 12.4. The van der Waals surface area contributed by atoms with Gasteiger partial charge in [-0.1, -0.05) is 13.0 Å². The number of rotatable bonds is 6. The third-order valence-electron chi connectivity index (χ3n) is 3.25. The Bertz CT molecular complexity index is 519. The summed E-state index contributed by atoms with van der Waals surface area (Å²) in [5.41, 5.74) is 1.41. The summed E-state index contributed by atoms with van der Waals surface area (Å²) < 4.78 is 4.91. The summed E-state index contributed by atoms with van der Waals surface area (Å²) >= 11 is 0. The molecule has 0 spiro atoms. The summed E-state index contributed by atoms with van der Waals surface area (Å²) in [6, 6.07) is 7.35. The van der Waals surface area contributed by atoms with Crippen molar-refractivity contribution in [3.8, 4) is 0 Å². The number of amides is 2. The first-order chi connectivity index (χ1) is 10.1. The minimum absolute atomic E-state index is 0.0513. The van der Waals surface area contributed by atoms with E-state index < -0.39 is 0 Å². The highest BCUT2D eigenvalue weighted by Gasteiger charge is 2.23. The van der Waals surface area contributed by atoms with Crippen LogP contribution in [0.1, 0.15) is 20.3 Å². The number of benzene rings is 1. The first kappa shape index (κ1) is 15.3. The predicted molar refractivity (Wildman–Crippen MR) is 81.5 cm³/mol. The average molecular weight is 291 g/mol. The molecule has 1 heterocycles. The van der Waals surface area contributed by atoms with Crippen LogP contribution >= 0.6 is 0 Å². The van der Waals surface area contributed by atoms with E-state index >= 15 is 0 Å². The Morgan fingerprint density at radius 1 is 1.48 bits per heavy atom. The highest BCUT2D eigenvalue weighted by atomic mass is 16.6. The van der Waals surface area contributed by atoms with Crippen molar-refractivity contribution in [2.24, 2.45) is 0 Å². The standard InChI is InChI=1S/C15H21N3O3/c1-3-16-11(2)9-14(19)17-12-5-4-6-13(10-12)18-7-8-21-15(18)20/h4-6,10-11,16H,3,7-9H2,1-2H3,(H,17,19). The van der Waals surface area contributed by atoms with Crippen molar-refractivity contribution in [3.63, 3.8) is 0 Å². The molecule has 1 aliphatic rings. The van der Waals surface area contributed by atoms with E-state index in [2.05, 4.69) is 10.6 Å². The summed E-state index contributed by atoms with van der Waals surface area (Å²) in [5.74, 6) is -0.0513. The van der Waals surface area contributed by atoms with Gasteiger partial charge in [0.2, 0.25) is 5.91 Å². The molecule has 1 aliphatic heterocycles. The number of hydrogen-bond donors (Lipinski definition) is 2. The van der Waals surface area contributed by atoms with E-state index in [1.807, 2.05) is 26.0 Å². The van der Waals surface area contributed by atoms with Crippen molar-refractivity contribution in [1.82, 2.24) is 5.32 Å². The van der Waals surface area contributed by atoms with Gasteiger partial charge in [-0.15, -0.1) is 0 Å². The molecule has 0 saturated carbocycles. The number of nitrogens with zero attached hydrogens (tertiary/aromatic N) is 1. The van der Waals surface area contributed by atoms with Gasteiger partial charge >= 0.3 is 6.09 Å². The lowest BCUT2D eigenvalue weighted by molar-refractivity contribution is -0.116. The minimum atomic E-state index is -0.348. The molecule has 1 aromatic carbocycles. The van der Waals surface area contributed by atoms with Crippen LogP contribution in [0, 0.1) is 0 Å². The molecular weight excluding hydrogens is 270 g/mol. The lowest BCUT2D eigenvalue weighted by Crippen LogP contribution is -2.30. The number of nitrogens with one attached hydrogen (secondary N) is 2. The van der Waals surface area contributed by atoms with Crippen LogP contribution in [0.5, 0.6) is 0 Å². The molecule has 0 aromatic heterocycles. The van der Waals surface area contributed by atoms with Crippen LogP contribution in [0.25, 0.3) is 0 Å². The Morgan fingerprint density at radius 3 is 2.95 bits per heavy atom. The third-order valence-corrected chi connectivity index (χ3v) is 3.25. The Hall–Kier alpha value is -2.08. The number of carbonyl (C=O) groups is 2. The highest BCUT2D eigenvalue weighted by Crippen LogP contribution is 2.22. The van der Waals surface area contributed by atoms with Crippen molar-refractivity contribution in [3.05, 3.63) is 24.3 Å². The zero-order chi connectivity index (χ0) is 15.2. The number of carbonyl (C=O) groups excluding carboxylic acids is 2. The first-order valence-corrected chi connectivity index (χ1v) is 7.17. The second kappa shape index (κ2) is 7.08. The molecule has 1 unspecified atom stereocenters.